The Morgan fingerprint density at radius 3 is 3.18 bits per heavy atom. The first-order chi connectivity index (χ1) is 8.31. The third kappa shape index (κ3) is 2.88. The molecule has 0 spiro atoms. The number of carbonyl (C=O) groups is 1. The number of nitrogens with one attached hydrogen (secondary N) is 2. The Morgan fingerprint density at radius 1 is 1.59 bits per heavy atom. The molecule has 6 nitrogen and oxygen atoms in total. The molecule has 0 fully saturated rings. The number of hydrogen-bond donors (Lipinski definition) is 2. The van der Waals surface area contributed by atoms with Gasteiger partial charge in [-0.05, 0) is 18.0 Å². The number of aryl methyl sites for hydroxylation is 1. The molecule has 0 aliphatic heterocycles. The van der Waals surface area contributed by atoms with E-state index >= 15 is 0 Å². The number of hydrogen-bond acceptors (Lipinski definition) is 5. The van der Waals surface area contributed by atoms with Crippen LogP contribution in [0.15, 0.2) is 12.4 Å². The molecule has 2 rings (SSSR count). The molecule has 7 heteroatoms. The Kier molecular flexibility index (Phi) is 3.81. The van der Waals surface area contributed by atoms with Gasteiger partial charge in [0.05, 0.1) is 11.9 Å². The molecule has 0 bridgehead atoms. The number of aromatic amines is 1. The molecule has 0 atom stereocenters. The second kappa shape index (κ2) is 5.53. The van der Waals surface area contributed by atoms with E-state index in [9.17, 15) is 4.79 Å². The van der Waals surface area contributed by atoms with E-state index in [0.717, 1.165) is 35.6 Å². The average Bonchev–Trinajstić information content (AvgIpc) is 2.97. The third-order valence-corrected chi connectivity index (χ3v) is 3.02. The van der Waals surface area contributed by atoms with Gasteiger partial charge in [-0.15, -0.1) is 5.10 Å². The average molecular weight is 251 g/mol. The minimum atomic E-state index is -0.121. The van der Waals surface area contributed by atoms with Crippen molar-refractivity contribution in [2.24, 2.45) is 0 Å². The molecule has 0 unspecified atom stereocenters. The van der Waals surface area contributed by atoms with Gasteiger partial charge >= 0.3 is 0 Å². The number of rotatable bonds is 5. The van der Waals surface area contributed by atoms with Crippen molar-refractivity contribution in [2.75, 3.05) is 0 Å². The first-order valence-corrected chi connectivity index (χ1v) is 6.15. The van der Waals surface area contributed by atoms with Gasteiger partial charge in [-0.25, -0.2) is 0 Å². The van der Waals surface area contributed by atoms with Gasteiger partial charge in [-0.2, -0.15) is 5.10 Å². The van der Waals surface area contributed by atoms with E-state index in [4.69, 9.17) is 0 Å². The van der Waals surface area contributed by atoms with Crippen LogP contribution >= 0.6 is 11.5 Å². The molecule has 2 aromatic rings. The number of aromatic nitrogens is 4. The van der Waals surface area contributed by atoms with Gasteiger partial charge in [0.15, 0.2) is 0 Å². The molecule has 17 heavy (non-hydrogen) atoms. The van der Waals surface area contributed by atoms with Crippen LogP contribution in [0.2, 0.25) is 0 Å². The predicted octanol–water partition coefficient (Wildman–Crippen LogP) is 1.14. The lowest BCUT2D eigenvalue weighted by molar-refractivity contribution is 0.0954. The number of H-pyrrole nitrogens is 1. The zero-order valence-electron chi connectivity index (χ0n) is 9.43. The summed E-state index contributed by atoms with van der Waals surface area (Å²) in [5, 5.41) is 13.3. The summed E-state index contributed by atoms with van der Waals surface area (Å²) in [5.41, 5.74) is 1.72. The van der Waals surface area contributed by atoms with E-state index < -0.39 is 0 Å². The summed E-state index contributed by atoms with van der Waals surface area (Å²) in [6.45, 7) is 2.51. The van der Waals surface area contributed by atoms with E-state index in [0.29, 0.717) is 11.4 Å². The Morgan fingerprint density at radius 2 is 2.47 bits per heavy atom. The van der Waals surface area contributed by atoms with Crippen LogP contribution in [0.5, 0.6) is 0 Å². The number of carbonyl (C=O) groups excluding carboxylic acids is 1. The smallest absolute Gasteiger partial charge is 0.265 e. The van der Waals surface area contributed by atoms with Crippen LogP contribution in [-0.4, -0.2) is 25.7 Å². The lowest BCUT2D eigenvalue weighted by Gasteiger charge is -2.02. The highest BCUT2D eigenvalue weighted by Gasteiger charge is 2.15. The van der Waals surface area contributed by atoms with Crippen molar-refractivity contribution in [2.45, 2.75) is 26.3 Å². The summed E-state index contributed by atoms with van der Waals surface area (Å²) in [6, 6.07) is 0. The normalized spacial score (nSPS) is 10.4. The maximum absolute atomic E-state index is 11.9. The molecular formula is C10H13N5OS. The third-order valence-electron chi connectivity index (χ3n) is 2.26. The lowest BCUT2D eigenvalue weighted by Crippen LogP contribution is -2.22. The predicted molar refractivity (Wildman–Crippen MR) is 63.7 cm³/mol. The molecule has 0 aromatic carbocycles. The van der Waals surface area contributed by atoms with E-state index in [2.05, 4.69) is 25.1 Å². The number of amides is 1. The first kappa shape index (κ1) is 11.7. The standard InChI is InChI=1S/C10H13N5OS/c1-2-3-8-9(17-15-14-8)10(16)11-4-7-5-12-13-6-7/h5-6H,2-4H2,1H3,(H,11,16)(H,12,13). The second-order valence-electron chi connectivity index (χ2n) is 3.59. The van der Waals surface area contributed by atoms with Crippen molar-refractivity contribution in [3.63, 3.8) is 0 Å². The summed E-state index contributed by atoms with van der Waals surface area (Å²) in [7, 11) is 0. The summed E-state index contributed by atoms with van der Waals surface area (Å²) >= 11 is 1.14. The van der Waals surface area contributed by atoms with Crippen LogP contribution in [0.25, 0.3) is 0 Å². The van der Waals surface area contributed by atoms with E-state index in [1.54, 1.807) is 12.4 Å². The van der Waals surface area contributed by atoms with Gasteiger partial charge in [0.1, 0.15) is 4.88 Å². The highest BCUT2D eigenvalue weighted by atomic mass is 32.1. The minimum Gasteiger partial charge on any atom is -0.347 e. The van der Waals surface area contributed by atoms with Gasteiger partial charge in [-0.3, -0.25) is 9.89 Å². The molecular weight excluding hydrogens is 238 g/mol. The van der Waals surface area contributed by atoms with Gasteiger partial charge in [0.25, 0.3) is 5.91 Å². The fourth-order valence-corrected chi connectivity index (χ4v) is 2.04. The topological polar surface area (TPSA) is 83.6 Å². The van der Waals surface area contributed by atoms with Gasteiger partial charge in [0, 0.05) is 18.3 Å². The lowest BCUT2D eigenvalue weighted by atomic mass is 10.2. The van der Waals surface area contributed by atoms with Crippen molar-refractivity contribution in [3.05, 3.63) is 28.5 Å². The highest BCUT2D eigenvalue weighted by molar-refractivity contribution is 7.08. The van der Waals surface area contributed by atoms with Crippen molar-refractivity contribution in [1.82, 2.24) is 25.1 Å². The van der Waals surface area contributed by atoms with Crippen molar-refractivity contribution >= 4 is 17.4 Å². The van der Waals surface area contributed by atoms with Crippen LogP contribution in [0.3, 0.4) is 0 Å². The molecule has 2 N–H and O–H groups in total. The van der Waals surface area contributed by atoms with Gasteiger partial charge in [0.2, 0.25) is 0 Å². The zero-order valence-corrected chi connectivity index (χ0v) is 10.3. The Hall–Kier alpha value is -1.76. The van der Waals surface area contributed by atoms with E-state index in [-0.39, 0.29) is 5.91 Å². The monoisotopic (exact) mass is 251 g/mol. The summed E-state index contributed by atoms with van der Waals surface area (Å²) in [5.74, 6) is -0.121. The first-order valence-electron chi connectivity index (χ1n) is 5.38. The Bertz CT molecular complexity index is 479. The van der Waals surface area contributed by atoms with Crippen LogP contribution in [0.1, 0.15) is 34.3 Å². The maximum Gasteiger partial charge on any atom is 0.265 e. The van der Waals surface area contributed by atoms with Gasteiger partial charge in [-0.1, -0.05) is 17.8 Å². The molecule has 0 aliphatic carbocycles. The van der Waals surface area contributed by atoms with Crippen LogP contribution in [0.4, 0.5) is 0 Å². The quantitative estimate of drug-likeness (QED) is 0.834. The molecule has 2 heterocycles. The summed E-state index contributed by atoms with van der Waals surface area (Å²) < 4.78 is 3.82. The van der Waals surface area contributed by atoms with E-state index in [1.807, 2.05) is 6.92 Å². The molecule has 1 amide bonds. The summed E-state index contributed by atoms with van der Waals surface area (Å²) in [4.78, 5) is 12.5. The molecule has 0 radical (unpaired) electrons. The minimum absolute atomic E-state index is 0.121. The largest absolute Gasteiger partial charge is 0.347 e. The Balaban J connectivity index is 1.97. The van der Waals surface area contributed by atoms with Crippen LogP contribution in [-0.2, 0) is 13.0 Å². The molecule has 2 aromatic heterocycles. The summed E-state index contributed by atoms with van der Waals surface area (Å²) in [6.07, 6.45) is 5.16. The van der Waals surface area contributed by atoms with Crippen LogP contribution < -0.4 is 5.32 Å². The van der Waals surface area contributed by atoms with Crippen molar-refractivity contribution < 1.29 is 4.79 Å². The fraction of sp³-hybridized carbons (Fsp3) is 0.400. The SMILES string of the molecule is CCCc1nnsc1C(=O)NCc1cn[nH]c1. The molecule has 90 valence electrons. The Labute approximate surface area is 103 Å². The fourth-order valence-electron chi connectivity index (χ4n) is 1.42. The maximum atomic E-state index is 11.9. The highest BCUT2D eigenvalue weighted by Crippen LogP contribution is 2.12. The van der Waals surface area contributed by atoms with Crippen molar-refractivity contribution in [1.29, 1.82) is 0 Å². The van der Waals surface area contributed by atoms with Crippen molar-refractivity contribution in [3.8, 4) is 0 Å². The number of nitrogens with zero attached hydrogens (tertiary/aromatic N) is 3. The van der Waals surface area contributed by atoms with Gasteiger partial charge < -0.3 is 5.32 Å². The second-order valence-corrected chi connectivity index (χ2v) is 4.34. The molecule has 0 saturated carbocycles. The molecule has 0 saturated heterocycles. The zero-order chi connectivity index (χ0) is 12.1. The van der Waals surface area contributed by atoms with E-state index in [1.165, 1.54) is 0 Å². The molecule has 0 aliphatic rings. The van der Waals surface area contributed by atoms with Crippen LogP contribution in [0, 0.1) is 0 Å².